The predicted molar refractivity (Wildman–Crippen MR) is 93.5 cm³/mol. The Morgan fingerprint density at radius 2 is 1.96 bits per heavy atom. The molecule has 0 radical (unpaired) electrons. The number of hydrogen-bond acceptors (Lipinski definition) is 8. The second-order valence-electron chi connectivity index (χ2n) is 6.87. The van der Waals surface area contributed by atoms with Gasteiger partial charge in [0.1, 0.15) is 41.5 Å². The van der Waals surface area contributed by atoms with Gasteiger partial charge in [-0.2, -0.15) is 0 Å². The highest BCUT2D eigenvalue weighted by atomic mass is 16.6. The van der Waals surface area contributed by atoms with Crippen molar-refractivity contribution in [1.82, 2.24) is 0 Å². The van der Waals surface area contributed by atoms with Gasteiger partial charge in [-0.15, -0.1) is 0 Å². The first kappa shape index (κ1) is 19.6. The summed E-state index contributed by atoms with van der Waals surface area (Å²) < 4.78 is 16.1. The molecule has 0 aliphatic carbocycles. The summed E-state index contributed by atoms with van der Waals surface area (Å²) in [5.74, 6) is -0.630. The Labute approximate surface area is 156 Å². The molecule has 4 N–H and O–H groups in total. The zero-order valence-corrected chi connectivity index (χ0v) is 15.1. The lowest BCUT2D eigenvalue weighted by Gasteiger charge is -2.21. The average Bonchev–Trinajstić information content (AvgIpc) is 3.38. The molecule has 2 aliphatic heterocycles. The fraction of sp³-hybridized carbons (Fsp3) is 0.526. The van der Waals surface area contributed by atoms with Crippen molar-refractivity contribution in [3.05, 3.63) is 35.4 Å². The van der Waals surface area contributed by atoms with Crippen LogP contribution >= 0.6 is 0 Å². The van der Waals surface area contributed by atoms with Gasteiger partial charge < -0.3 is 34.6 Å². The van der Waals surface area contributed by atoms with Gasteiger partial charge in [0.25, 0.3) is 0 Å². The van der Waals surface area contributed by atoms with Crippen molar-refractivity contribution in [2.75, 3.05) is 7.11 Å². The molecule has 0 saturated carbocycles. The molecule has 8 heteroatoms. The van der Waals surface area contributed by atoms with Gasteiger partial charge in [-0.25, -0.2) is 4.79 Å². The molecule has 0 bridgehead atoms. The third kappa shape index (κ3) is 4.24. The van der Waals surface area contributed by atoms with Crippen LogP contribution in [0.2, 0.25) is 0 Å². The fourth-order valence-corrected chi connectivity index (χ4v) is 3.20. The first-order valence-corrected chi connectivity index (χ1v) is 8.80. The molecule has 1 saturated heterocycles. The molecular weight excluding hydrogens is 356 g/mol. The molecular formula is C19H24O8. The van der Waals surface area contributed by atoms with Gasteiger partial charge in [0.05, 0.1) is 19.3 Å². The monoisotopic (exact) mass is 380 g/mol. The number of hydrogen-bond donors (Lipinski definition) is 4. The highest BCUT2D eigenvalue weighted by Crippen LogP contribution is 2.46. The highest BCUT2D eigenvalue weighted by Gasteiger charge is 2.45. The molecule has 2 heterocycles. The number of fused-ring (bicyclic) bond motifs is 3. The molecule has 0 unspecified atom stereocenters. The van der Waals surface area contributed by atoms with Crippen molar-refractivity contribution in [2.45, 2.75) is 56.4 Å². The van der Waals surface area contributed by atoms with E-state index in [1.165, 1.54) is 19.3 Å². The maximum Gasteiger partial charge on any atom is 0.342 e. The molecule has 1 aromatic rings. The van der Waals surface area contributed by atoms with Crippen LogP contribution in [0, 0.1) is 0 Å². The van der Waals surface area contributed by atoms with Crippen LogP contribution in [-0.2, 0) is 9.47 Å². The normalized spacial score (nSPS) is 35.2. The number of aliphatic hydroxyl groups excluding tert-OH is 3. The van der Waals surface area contributed by atoms with E-state index in [0.717, 1.165) is 0 Å². The smallest absolute Gasteiger partial charge is 0.342 e. The minimum absolute atomic E-state index is 0.00809. The Hall–Kier alpha value is -2.13. The number of methoxy groups -OCH3 is 1. The largest absolute Gasteiger partial charge is 0.507 e. The number of esters is 1. The lowest BCUT2D eigenvalue weighted by atomic mass is 9.96. The van der Waals surface area contributed by atoms with Crippen molar-refractivity contribution in [2.24, 2.45) is 0 Å². The second kappa shape index (κ2) is 7.85. The molecule has 1 aromatic carbocycles. The van der Waals surface area contributed by atoms with E-state index < -0.39 is 42.6 Å². The van der Waals surface area contributed by atoms with E-state index in [1.54, 1.807) is 19.1 Å². The van der Waals surface area contributed by atoms with Gasteiger partial charge in [-0.05, 0) is 13.0 Å². The lowest BCUT2D eigenvalue weighted by Crippen LogP contribution is -2.37. The summed E-state index contributed by atoms with van der Waals surface area (Å²) in [5, 5.41) is 40.5. The Balaban J connectivity index is 1.97. The summed E-state index contributed by atoms with van der Waals surface area (Å²) in [6, 6.07) is 2.90. The van der Waals surface area contributed by atoms with E-state index in [-0.39, 0.29) is 17.7 Å². The van der Waals surface area contributed by atoms with Crippen LogP contribution in [0.5, 0.6) is 11.5 Å². The van der Waals surface area contributed by atoms with Crippen molar-refractivity contribution in [1.29, 1.82) is 0 Å². The molecule has 3 rings (SSSR count). The van der Waals surface area contributed by atoms with E-state index in [9.17, 15) is 25.2 Å². The number of phenolic OH excluding ortho intramolecular Hbond substituents is 1. The molecule has 2 aliphatic rings. The number of phenols is 1. The minimum Gasteiger partial charge on any atom is -0.507 e. The fourth-order valence-electron chi connectivity index (χ4n) is 3.20. The van der Waals surface area contributed by atoms with E-state index in [0.29, 0.717) is 17.7 Å². The van der Waals surface area contributed by atoms with E-state index in [2.05, 4.69) is 0 Å². The number of cyclic esters (lactones) is 1. The Kier molecular flexibility index (Phi) is 5.71. The Morgan fingerprint density at radius 3 is 2.67 bits per heavy atom. The molecule has 0 amide bonds. The quantitative estimate of drug-likeness (QED) is 0.320. The molecule has 1 fully saturated rings. The van der Waals surface area contributed by atoms with Crippen molar-refractivity contribution in [3.8, 4) is 11.5 Å². The lowest BCUT2D eigenvalue weighted by molar-refractivity contribution is -0.0464. The Morgan fingerprint density at radius 1 is 1.22 bits per heavy atom. The molecule has 6 atom stereocenters. The van der Waals surface area contributed by atoms with Gasteiger partial charge >= 0.3 is 5.97 Å². The van der Waals surface area contributed by atoms with Crippen molar-refractivity contribution < 1.29 is 39.4 Å². The maximum atomic E-state index is 12.6. The third-order valence-corrected chi connectivity index (χ3v) is 4.78. The maximum absolute atomic E-state index is 12.6. The number of aromatic hydroxyl groups is 1. The SMILES string of the molecule is COc1cc(O)c2c(c1)[C@@H]1O[C@@H]1C[C@H](O)[C@H](O)[C@@H](O)/C=C\C[C@H](C)OC2=O. The second-order valence-corrected chi connectivity index (χ2v) is 6.87. The Bertz CT molecular complexity index is 731. The van der Waals surface area contributed by atoms with Crippen LogP contribution < -0.4 is 4.74 Å². The number of benzene rings is 1. The summed E-state index contributed by atoms with van der Waals surface area (Å²) in [7, 11) is 1.43. The third-order valence-electron chi connectivity index (χ3n) is 4.78. The number of carbonyl (C=O) groups excluding carboxylic acids is 1. The highest BCUT2D eigenvalue weighted by molar-refractivity contribution is 5.95. The van der Waals surface area contributed by atoms with Crippen molar-refractivity contribution in [3.63, 3.8) is 0 Å². The van der Waals surface area contributed by atoms with Gasteiger partial charge in [0, 0.05) is 24.5 Å². The van der Waals surface area contributed by atoms with Gasteiger partial charge in [-0.3, -0.25) is 0 Å². The number of aliphatic hydroxyl groups is 3. The summed E-state index contributed by atoms with van der Waals surface area (Å²) >= 11 is 0. The first-order chi connectivity index (χ1) is 12.8. The molecule has 0 aromatic heterocycles. The van der Waals surface area contributed by atoms with Crippen molar-refractivity contribution >= 4 is 5.97 Å². The van der Waals surface area contributed by atoms with Crippen LogP contribution in [0.25, 0.3) is 0 Å². The summed E-state index contributed by atoms with van der Waals surface area (Å²) in [5.41, 5.74) is 0.384. The number of rotatable bonds is 1. The van der Waals surface area contributed by atoms with Crippen LogP contribution in [-0.4, -0.2) is 64.0 Å². The van der Waals surface area contributed by atoms with Gasteiger partial charge in [0.2, 0.25) is 0 Å². The van der Waals surface area contributed by atoms with E-state index >= 15 is 0 Å². The summed E-state index contributed by atoms with van der Waals surface area (Å²) in [6.07, 6.45) is -2.15. The van der Waals surface area contributed by atoms with Crippen LogP contribution in [0.1, 0.15) is 41.8 Å². The molecule has 0 spiro atoms. The predicted octanol–water partition coefficient (Wildman–Crippen LogP) is 0.819. The summed E-state index contributed by atoms with van der Waals surface area (Å²) in [6.45, 7) is 1.67. The molecule has 27 heavy (non-hydrogen) atoms. The van der Waals surface area contributed by atoms with Crippen LogP contribution in [0.4, 0.5) is 0 Å². The van der Waals surface area contributed by atoms with Crippen LogP contribution in [0.15, 0.2) is 24.3 Å². The van der Waals surface area contributed by atoms with E-state index in [1.807, 2.05) is 0 Å². The topological polar surface area (TPSA) is 129 Å². The number of epoxide rings is 1. The first-order valence-electron chi connectivity index (χ1n) is 8.80. The zero-order chi connectivity index (χ0) is 19.7. The van der Waals surface area contributed by atoms with E-state index in [4.69, 9.17) is 14.2 Å². The number of ether oxygens (including phenoxy) is 3. The summed E-state index contributed by atoms with van der Waals surface area (Å²) in [4.78, 5) is 12.6. The zero-order valence-electron chi connectivity index (χ0n) is 15.1. The van der Waals surface area contributed by atoms with Gasteiger partial charge in [-0.1, -0.05) is 12.2 Å². The number of carbonyl (C=O) groups is 1. The van der Waals surface area contributed by atoms with Gasteiger partial charge in [0.15, 0.2) is 0 Å². The minimum atomic E-state index is -1.37. The average molecular weight is 380 g/mol. The van der Waals surface area contributed by atoms with Crippen LogP contribution in [0.3, 0.4) is 0 Å². The molecule has 148 valence electrons. The molecule has 8 nitrogen and oxygen atoms in total. The standard InChI is InChI=1S/C19H24O8/c1-9-4-3-5-12(20)17(23)14(22)8-15-18(27-15)11-6-10(25-2)7-13(21)16(11)19(24)26-9/h3,5-7,9,12,14-15,17-18,20-23H,4,8H2,1-2H3/b5-3-/t9-,12-,14-,15+,17+,18-/m0/s1.